The van der Waals surface area contributed by atoms with Crippen LogP contribution in [0.3, 0.4) is 0 Å². The third kappa shape index (κ3) is 2.23. The summed E-state index contributed by atoms with van der Waals surface area (Å²) in [5.74, 6) is 1.41. The molecule has 1 amide bonds. The van der Waals surface area contributed by atoms with Crippen molar-refractivity contribution in [3.8, 4) is 0 Å². The molecule has 1 aliphatic carbocycles. The standard InChI is InChI=1S/C10H19NO/c1-7-5-4-6-8(2)10(7)11-9(3)12/h7-8,10H,4-6H2,1-3H3,(H,11,12). The van der Waals surface area contributed by atoms with E-state index in [1.165, 1.54) is 19.3 Å². The first-order valence-corrected chi connectivity index (χ1v) is 4.88. The first-order chi connectivity index (χ1) is 5.61. The second-order valence-electron chi connectivity index (χ2n) is 4.11. The van der Waals surface area contributed by atoms with Gasteiger partial charge in [0.05, 0.1) is 0 Å². The van der Waals surface area contributed by atoms with Gasteiger partial charge in [-0.1, -0.05) is 20.3 Å². The summed E-state index contributed by atoms with van der Waals surface area (Å²) in [7, 11) is 0. The third-order valence-electron chi connectivity index (χ3n) is 2.91. The van der Waals surface area contributed by atoms with Gasteiger partial charge in [-0.15, -0.1) is 0 Å². The highest BCUT2D eigenvalue weighted by Gasteiger charge is 2.27. The molecule has 1 N–H and O–H groups in total. The molecule has 0 bridgehead atoms. The molecular formula is C10H19NO. The van der Waals surface area contributed by atoms with E-state index in [4.69, 9.17) is 0 Å². The minimum atomic E-state index is 0.112. The molecule has 70 valence electrons. The zero-order chi connectivity index (χ0) is 9.14. The number of amides is 1. The Morgan fingerprint density at radius 1 is 1.25 bits per heavy atom. The normalized spacial score (nSPS) is 36.1. The summed E-state index contributed by atoms with van der Waals surface area (Å²) in [6.07, 6.45) is 3.84. The number of nitrogens with one attached hydrogen (secondary N) is 1. The van der Waals surface area contributed by atoms with E-state index in [9.17, 15) is 4.79 Å². The molecule has 0 aromatic rings. The number of hydrogen-bond acceptors (Lipinski definition) is 1. The minimum absolute atomic E-state index is 0.112. The van der Waals surface area contributed by atoms with Gasteiger partial charge in [0.15, 0.2) is 0 Å². The molecule has 2 heteroatoms. The Balaban J connectivity index is 2.50. The van der Waals surface area contributed by atoms with Crippen molar-refractivity contribution in [3.05, 3.63) is 0 Å². The molecule has 0 spiro atoms. The summed E-state index contributed by atoms with van der Waals surface area (Å²) < 4.78 is 0. The summed E-state index contributed by atoms with van der Waals surface area (Å²) in [6.45, 7) is 6.07. The number of hydrogen-bond donors (Lipinski definition) is 1. The maximum Gasteiger partial charge on any atom is 0.217 e. The highest BCUT2D eigenvalue weighted by atomic mass is 16.1. The van der Waals surface area contributed by atoms with Crippen molar-refractivity contribution in [2.24, 2.45) is 11.8 Å². The molecule has 1 rings (SSSR count). The largest absolute Gasteiger partial charge is 0.353 e. The quantitative estimate of drug-likeness (QED) is 0.638. The molecule has 12 heavy (non-hydrogen) atoms. The van der Waals surface area contributed by atoms with Gasteiger partial charge < -0.3 is 5.32 Å². The Hall–Kier alpha value is -0.530. The molecule has 0 aromatic carbocycles. The van der Waals surface area contributed by atoms with E-state index in [2.05, 4.69) is 19.2 Å². The molecule has 0 heterocycles. The van der Waals surface area contributed by atoms with Crippen molar-refractivity contribution in [1.82, 2.24) is 5.32 Å². The van der Waals surface area contributed by atoms with Crippen molar-refractivity contribution >= 4 is 5.91 Å². The predicted molar refractivity (Wildman–Crippen MR) is 49.8 cm³/mol. The SMILES string of the molecule is CC(=O)NC1C(C)CCCC1C. The van der Waals surface area contributed by atoms with Crippen molar-refractivity contribution in [2.75, 3.05) is 0 Å². The van der Waals surface area contributed by atoms with Crippen LogP contribution in [-0.4, -0.2) is 11.9 Å². The first-order valence-electron chi connectivity index (χ1n) is 4.88. The summed E-state index contributed by atoms with van der Waals surface area (Å²) in [5, 5.41) is 3.04. The summed E-state index contributed by atoms with van der Waals surface area (Å²) in [5.41, 5.74) is 0. The van der Waals surface area contributed by atoms with Crippen LogP contribution >= 0.6 is 0 Å². The van der Waals surface area contributed by atoms with Crippen LogP contribution in [0.2, 0.25) is 0 Å². The molecule has 2 unspecified atom stereocenters. The van der Waals surface area contributed by atoms with Crippen LogP contribution < -0.4 is 5.32 Å². The number of carbonyl (C=O) groups is 1. The van der Waals surface area contributed by atoms with Gasteiger partial charge in [-0.3, -0.25) is 4.79 Å². The molecule has 1 aliphatic rings. The maximum atomic E-state index is 10.9. The van der Waals surface area contributed by atoms with Crippen molar-refractivity contribution in [3.63, 3.8) is 0 Å². The van der Waals surface area contributed by atoms with Crippen molar-refractivity contribution in [1.29, 1.82) is 0 Å². The van der Waals surface area contributed by atoms with Crippen molar-refractivity contribution < 1.29 is 4.79 Å². The van der Waals surface area contributed by atoms with E-state index in [0.717, 1.165) is 0 Å². The fourth-order valence-electron chi connectivity index (χ4n) is 2.20. The summed E-state index contributed by atoms with van der Waals surface area (Å²) in [6, 6.07) is 0.413. The molecule has 2 nitrogen and oxygen atoms in total. The summed E-state index contributed by atoms with van der Waals surface area (Å²) in [4.78, 5) is 10.9. The number of rotatable bonds is 1. The molecule has 0 radical (unpaired) electrons. The summed E-state index contributed by atoms with van der Waals surface area (Å²) >= 11 is 0. The molecule has 0 aliphatic heterocycles. The van der Waals surface area contributed by atoms with Gasteiger partial charge in [0.25, 0.3) is 0 Å². The fraction of sp³-hybridized carbons (Fsp3) is 0.900. The molecule has 0 aromatic heterocycles. The Morgan fingerprint density at radius 3 is 2.17 bits per heavy atom. The van der Waals surface area contributed by atoms with Crippen LogP contribution in [0.5, 0.6) is 0 Å². The lowest BCUT2D eigenvalue weighted by atomic mass is 9.79. The predicted octanol–water partition coefficient (Wildman–Crippen LogP) is 1.95. The fourth-order valence-corrected chi connectivity index (χ4v) is 2.20. The van der Waals surface area contributed by atoms with Crippen molar-refractivity contribution in [2.45, 2.75) is 46.1 Å². The lowest BCUT2D eigenvalue weighted by molar-refractivity contribution is -0.120. The van der Waals surface area contributed by atoms with Gasteiger partial charge in [0.2, 0.25) is 5.91 Å². The zero-order valence-electron chi connectivity index (χ0n) is 8.26. The topological polar surface area (TPSA) is 29.1 Å². The molecule has 2 atom stereocenters. The van der Waals surface area contributed by atoms with Gasteiger partial charge in [-0.05, 0) is 24.7 Å². The van der Waals surface area contributed by atoms with Crippen LogP contribution in [0.15, 0.2) is 0 Å². The minimum Gasteiger partial charge on any atom is -0.353 e. The Bertz CT molecular complexity index is 157. The monoisotopic (exact) mass is 169 g/mol. The van der Waals surface area contributed by atoms with E-state index in [1.54, 1.807) is 6.92 Å². The van der Waals surface area contributed by atoms with Gasteiger partial charge in [-0.25, -0.2) is 0 Å². The average molecular weight is 169 g/mol. The van der Waals surface area contributed by atoms with Gasteiger partial charge in [0.1, 0.15) is 0 Å². The van der Waals surface area contributed by atoms with Crippen LogP contribution in [0.4, 0.5) is 0 Å². The second-order valence-corrected chi connectivity index (χ2v) is 4.11. The van der Waals surface area contributed by atoms with Crippen LogP contribution in [-0.2, 0) is 4.79 Å². The second kappa shape index (κ2) is 3.92. The van der Waals surface area contributed by atoms with E-state index in [1.807, 2.05) is 0 Å². The van der Waals surface area contributed by atoms with E-state index in [-0.39, 0.29) is 5.91 Å². The van der Waals surface area contributed by atoms with E-state index in [0.29, 0.717) is 17.9 Å². The third-order valence-corrected chi connectivity index (χ3v) is 2.91. The highest BCUT2D eigenvalue weighted by molar-refractivity contribution is 5.73. The highest BCUT2D eigenvalue weighted by Crippen LogP contribution is 2.28. The molecule has 1 fully saturated rings. The smallest absolute Gasteiger partial charge is 0.217 e. The molecule has 1 saturated carbocycles. The lowest BCUT2D eigenvalue weighted by Gasteiger charge is -2.34. The maximum absolute atomic E-state index is 10.9. The van der Waals surface area contributed by atoms with E-state index >= 15 is 0 Å². The average Bonchev–Trinajstić information content (AvgIpc) is 1.97. The van der Waals surface area contributed by atoms with Gasteiger partial charge >= 0.3 is 0 Å². The Kier molecular flexibility index (Phi) is 3.12. The van der Waals surface area contributed by atoms with E-state index < -0.39 is 0 Å². The van der Waals surface area contributed by atoms with Crippen LogP contribution in [0.25, 0.3) is 0 Å². The number of carbonyl (C=O) groups excluding carboxylic acids is 1. The van der Waals surface area contributed by atoms with Crippen LogP contribution in [0, 0.1) is 11.8 Å². The Labute approximate surface area is 74.7 Å². The van der Waals surface area contributed by atoms with Gasteiger partial charge in [-0.2, -0.15) is 0 Å². The van der Waals surface area contributed by atoms with Gasteiger partial charge in [0, 0.05) is 13.0 Å². The zero-order valence-corrected chi connectivity index (χ0v) is 8.26. The molecule has 0 saturated heterocycles. The van der Waals surface area contributed by atoms with Crippen LogP contribution in [0.1, 0.15) is 40.0 Å². The Morgan fingerprint density at radius 2 is 1.75 bits per heavy atom. The first kappa shape index (κ1) is 9.56. The molecular weight excluding hydrogens is 150 g/mol. The lowest BCUT2D eigenvalue weighted by Crippen LogP contribution is -2.44.